The summed E-state index contributed by atoms with van der Waals surface area (Å²) in [7, 11) is 0. The number of anilines is 2. The zero-order valence-corrected chi connectivity index (χ0v) is 15.8. The molecule has 140 valence electrons. The Morgan fingerprint density at radius 2 is 1.93 bits per heavy atom. The maximum Gasteiger partial charge on any atom is 0.167 e. The van der Waals surface area contributed by atoms with E-state index in [0.29, 0.717) is 10.8 Å². The van der Waals surface area contributed by atoms with E-state index in [0.717, 1.165) is 49.0 Å². The van der Waals surface area contributed by atoms with Crippen LogP contribution < -0.4 is 10.6 Å². The minimum atomic E-state index is 0.168. The molecule has 1 atom stereocenters. The van der Waals surface area contributed by atoms with Gasteiger partial charge in [0.05, 0.1) is 18.4 Å². The van der Waals surface area contributed by atoms with Gasteiger partial charge in [-0.05, 0) is 19.1 Å². The van der Waals surface area contributed by atoms with Gasteiger partial charge in [0.25, 0.3) is 0 Å². The standard InChI is InChI=1S/C19H21ClN6O/c1-13(16-10-17(27-24-16)14-3-2-4-15(20)9-14)25-5-7-26(8-6-25)19-12-22-18(21)11-23-19/h2-4,9-13H,5-8H2,1H3,(H2,21,22). The van der Waals surface area contributed by atoms with E-state index in [1.807, 2.05) is 30.3 Å². The van der Waals surface area contributed by atoms with E-state index in [4.69, 9.17) is 21.9 Å². The fourth-order valence-corrected chi connectivity index (χ4v) is 3.47. The van der Waals surface area contributed by atoms with Crippen molar-refractivity contribution in [3.8, 4) is 11.3 Å². The predicted molar refractivity (Wildman–Crippen MR) is 106 cm³/mol. The number of benzene rings is 1. The molecule has 4 rings (SSSR count). The van der Waals surface area contributed by atoms with E-state index in [1.54, 1.807) is 12.4 Å². The Kier molecular flexibility index (Phi) is 4.96. The molecular weight excluding hydrogens is 364 g/mol. The molecular formula is C19H21ClN6O. The van der Waals surface area contributed by atoms with Gasteiger partial charge in [-0.25, -0.2) is 9.97 Å². The van der Waals surface area contributed by atoms with Crippen LogP contribution in [0.25, 0.3) is 11.3 Å². The Morgan fingerprint density at radius 3 is 2.63 bits per heavy atom. The van der Waals surface area contributed by atoms with Crippen molar-refractivity contribution in [3.63, 3.8) is 0 Å². The molecule has 27 heavy (non-hydrogen) atoms. The average molecular weight is 385 g/mol. The van der Waals surface area contributed by atoms with Gasteiger partial charge in [-0.15, -0.1) is 0 Å². The largest absolute Gasteiger partial charge is 0.382 e. The van der Waals surface area contributed by atoms with Crippen molar-refractivity contribution in [2.45, 2.75) is 13.0 Å². The first kappa shape index (κ1) is 17.8. The van der Waals surface area contributed by atoms with Crippen LogP contribution in [0.1, 0.15) is 18.7 Å². The number of piperazine rings is 1. The van der Waals surface area contributed by atoms with Crippen molar-refractivity contribution < 1.29 is 4.52 Å². The zero-order valence-electron chi connectivity index (χ0n) is 15.0. The third-order valence-corrected chi connectivity index (χ3v) is 5.14. The van der Waals surface area contributed by atoms with Crippen molar-refractivity contribution in [3.05, 3.63) is 53.4 Å². The summed E-state index contributed by atoms with van der Waals surface area (Å²) in [5.41, 5.74) is 7.46. The number of halogens is 1. The Bertz CT molecular complexity index is 905. The highest BCUT2D eigenvalue weighted by Crippen LogP contribution is 2.28. The summed E-state index contributed by atoms with van der Waals surface area (Å²) in [6, 6.07) is 9.75. The molecule has 1 aliphatic rings. The summed E-state index contributed by atoms with van der Waals surface area (Å²) >= 11 is 6.07. The summed E-state index contributed by atoms with van der Waals surface area (Å²) in [5.74, 6) is 2.03. The van der Waals surface area contributed by atoms with Gasteiger partial charge in [-0.3, -0.25) is 4.90 Å². The Hall–Kier alpha value is -2.64. The number of rotatable bonds is 4. The Labute approximate surface area is 162 Å². The normalized spacial score (nSPS) is 16.4. The van der Waals surface area contributed by atoms with E-state index in [2.05, 4.69) is 31.8 Å². The summed E-state index contributed by atoms with van der Waals surface area (Å²) in [5, 5.41) is 4.96. The first-order valence-corrected chi connectivity index (χ1v) is 9.27. The first-order chi connectivity index (χ1) is 13.1. The number of nitrogens with two attached hydrogens (primary N) is 1. The molecule has 0 amide bonds. The van der Waals surface area contributed by atoms with Gasteiger partial charge in [0, 0.05) is 42.8 Å². The molecule has 8 heteroatoms. The van der Waals surface area contributed by atoms with Crippen molar-refractivity contribution in [1.82, 2.24) is 20.0 Å². The van der Waals surface area contributed by atoms with Crippen LogP contribution >= 0.6 is 11.6 Å². The SMILES string of the molecule is CC(c1cc(-c2cccc(Cl)c2)on1)N1CCN(c2cnc(N)cn2)CC1. The second-order valence-corrected chi connectivity index (χ2v) is 7.06. The van der Waals surface area contributed by atoms with Crippen LogP contribution in [-0.2, 0) is 0 Å². The fraction of sp³-hybridized carbons (Fsp3) is 0.316. The quantitative estimate of drug-likeness (QED) is 0.739. The van der Waals surface area contributed by atoms with Gasteiger partial charge in [0.2, 0.25) is 0 Å². The van der Waals surface area contributed by atoms with Crippen molar-refractivity contribution in [2.24, 2.45) is 0 Å². The summed E-state index contributed by atoms with van der Waals surface area (Å²) in [4.78, 5) is 13.1. The molecule has 1 fully saturated rings. The lowest BCUT2D eigenvalue weighted by Crippen LogP contribution is -2.47. The minimum absolute atomic E-state index is 0.168. The van der Waals surface area contributed by atoms with Crippen LogP contribution in [0.15, 0.2) is 47.2 Å². The topological polar surface area (TPSA) is 84.3 Å². The number of nitrogen functional groups attached to an aromatic ring is 1. The van der Waals surface area contributed by atoms with Crippen molar-refractivity contribution in [1.29, 1.82) is 0 Å². The molecule has 0 aliphatic carbocycles. The predicted octanol–water partition coefficient (Wildman–Crippen LogP) is 3.25. The molecule has 2 N–H and O–H groups in total. The fourth-order valence-electron chi connectivity index (χ4n) is 3.28. The smallest absolute Gasteiger partial charge is 0.167 e. The Morgan fingerprint density at radius 1 is 1.11 bits per heavy atom. The van der Waals surface area contributed by atoms with Crippen LogP contribution in [-0.4, -0.2) is 46.2 Å². The van der Waals surface area contributed by atoms with E-state index < -0.39 is 0 Å². The highest BCUT2D eigenvalue weighted by Gasteiger charge is 2.25. The molecule has 0 radical (unpaired) electrons. The van der Waals surface area contributed by atoms with Gasteiger partial charge < -0.3 is 15.2 Å². The summed E-state index contributed by atoms with van der Waals surface area (Å²) in [6.07, 6.45) is 3.32. The van der Waals surface area contributed by atoms with Gasteiger partial charge in [-0.2, -0.15) is 0 Å². The molecule has 0 spiro atoms. The molecule has 1 unspecified atom stereocenters. The lowest BCUT2D eigenvalue weighted by atomic mass is 10.1. The zero-order chi connectivity index (χ0) is 18.8. The van der Waals surface area contributed by atoms with Crippen LogP contribution in [0.2, 0.25) is 5.02 Å². The molecule has 3 heterocycles. The summed E-state index contributed by atoms with van der Waals surface area (Å²) in [6.45, 7) is 5.72. The van der Waals surface area contributed by atoms with E-state index in [9.17, 15) is 0 Å². The molecule has 1 aliphatic heterocycles. The van der Waals surface area contributed by atoms with E-state index in [-0.39, 0.29) is 6.04 Å². The minimum Gasteiger partial charge on any atom is -0.382 e. The van der Waals surface area contributed by atoms with Gasteiger partial charge in [0.15, 0.2) is 5.76 Å². The van der Waals surface area contributed by atoms with Gasteiger partial charge >= 0.3 is 0 Å². The third-order valence-electron chi connectivity index (χ3n) is 4.91. The monoisotopic (exact) mass is 384 g/mol. The lowest BCUT2D eigenvalue weighted by molar-refractivity contribution is 0.190. The average Bonchev–Trinajstić information content (AvgIpc) is 3.18. The molecule has 7 nitrogen and oxygen atoms in total. The van der Waals surface area contributed by atoms with Gasteiger partial charge in [0.1, 0.15) is 17.3 Å². The molecule has 1 aromatic carbocycles. The maximum absolute atomic E-state index is 6.07. The molecule has 3 aromatic rings. The van der Waals surface area contributed by atoms with Crippen LogP contribution in [0.4, 0.5) is 11.6 Å². The highest BCUT2D eigenvalue weighted by atomic mass is 35.5. The number of hydrogen-bond donors (Lipinski definition) is 1. The van der Waals surface area contributed by atoms with E-state index in [1.165, 1.54) is 0 Å². The van der Waals surface area contributed by atoms with Gasteiger partial charge in [-0.1, -0.05) is 28.9 Å². The highest BCUT2D eigenvalue weighted by molar-refractivity contribution is 6.30. The molecule has 0 saturated carbocycles. The Balaban J connectivity index is 1.41. The molecule has 0 bridgehead atoms. The first-order valence-electron chi connectivity index (χ1n) is 8.89. The summed E-state index contributed by atoms with van der Waals surface area (Å²) < 4.78 is 5.54. The number of hydrogen-bond acceptors (Lipinski definition) is 7. The van der Waals surface area contributed by atoms with Crippen LogP contribution in [0.3, 0.4) is 0 Å². The second-order valence-electron chi connectivity index (χ2n) is 6.62. The number of nitrogens with zero attached hydrogens (tertiary/aromatic N) is 5. The van der Waals surface area contributed by atoms with Crippen LogP contribution in [0, 0.1) is 0 Å². The lowest BCUT2D eigenvalue weighted by Gasteiger charge is -2.37. The number of aromatic nitrogens is 3. The van der Waals surface area contributed by atoms with Crippen molar-refractivity contribution in [2.75, 3.05) is 36.8 Å². The van der Waals surface area contributed by atoms with E-state index >= 15 is 0 Å². The molecule has 2 aromatic heterocycles. The van der Waals surface area contributed by atoms with Crippen molar-refractivity contribution >= 4 is 23.2 Å². The van der Waals surface area contributed by atoms with Crippen LogP contribution in [0.5, 0.6) is 0 Å². The molecule has 1 saturated heterocycles. The second kappa shape index (κ2) is 7.54. The maximum atomic E-state index is 6.07. The third kappa shape index (κ3) is 3.89.